The average Bonchev–Trinajstić information content (AvgIpc) is 3.20. The number of hydrogen-bond donors (Lipinski definition) is 0. The molecule has 7 heteroatoms. The van der Waals surface area contributed by atoms with Gasteiger partial charge in [-0.05, 0) is 24.6 Å². The van der Waals surface area contributed by atoms with E-state index in [0.717, 1.165) is 17.7 Å². The van der Waals surface area contributed by atoms with Crippen molar-refractivity contribution >= 4 is 5.91 Å². The van der Waals surface area contributed by atoms with Crippen LogP contribution < -0.4 is 0 Å². The molecule has 2 aromatic carbocycles. The molecule has 1 amide bonds. The third-order valence-corrected chi connectivity index (χ3v) is 5.10. The first-order valence-corrected chi connectivity index (χ1v) is 9.88. The van der Waals surface area contributed by atoms with Gasteiger partial charge in [0.2, 0.25) is 5.91 Å². The fourth-order valence-electron chi connectivity index (χ4n) is 3.65. The average molecular weight is 412 g/mol. The molecule has 0 aliphatic carbocycles. The van der Waals surface area contributed by atoms with E-state index in [1.54, 1.807) is 4.90 Å². The van der Waals surface area contributed by atoms with Crippen molar-refractivity contribution in [3.8, 4) is 11.3 Å². The van der Waals surface area contributed by atoms with E-state index < -0.39 is 11.6 Å². The van der Waals surface area contributed by atoms with Gasteiger partial charge < -0.3 is 14.1 Å². The second-order valence-corrected chi connectivity index (χ2v) is 7.36. The van der Waals surface area contributed by atoms with Gasteiger partial charge in [0.25, 0.3) is 0 Å². The monoisotopic (exact) mass is 412 g/mol. The molecule has 0 bridgehead atoms. The molecule has 1 fully saturated rings. The highest BCUT2D eigenvalue weighted by Crippen LogP contribution is 2.28. The zero-order chi connectivity index (χ0) is 21.1. The predicted octanol–water partition coefficient (Wildman–Crippen LogP) is 4.54. The summed E-state index contributed by atoms with van der Waals surface area (Å²) in [7, 11) is 0. The molecule has 1 aliphatic heterocycles. The summed E-state index contributed by atoms with van der Waals surface area (Å²) in [6, 6.07) is 13.4. The van der Waals surface area contributed by atoms with E-state index in [1.807, 2.05) is 37.3 Å². The molecule has 1 saturated heterocycles. The van der Waals surface area contributed by atoms with Crippen LogP contribution >= 0.6 is 0 Å². The molecule has 5 nitrogen and oxygen atoms in total. The van der Waals surface area contributed by atoms with Gasteiger partial charge in [0.1, 0.15) is 17.7 Å². The molecule has 0 radical (unpaired) electrons. The number of halogens is 2. The Hall–Kier alpha value is -3.06. The van der Waals surface area contributed by atoms with Crippen LogP contribution in [0.15, 0.2) is 59.1 Å². The van der Waals surface area contributed by atoms with E-state index in [-0.39, 0.29) is 48.2 Å². The van der Waals surface area contributed by atoms with Gasteiger partial charge >= 0.3 is 0 Å². The minimum Gasteiger partial charge on any atom is -0.441 e. The van der Waals surface area contributed by atoms with E-state index in [1.165, 1.54) is 12.3 Å². The first-order chi connectivity index (χ1) is 14.5. The molecule has 0 N–H and O–H groups in total. The van der Waals surface area contributed by atoms with Gasteiger partial charge in [-0.1, -0.05) is 36.4 Å². The van der Waals surface area contributed by atoms with Crippen LogP contribution in [0.3, 0.4) is 0 Å². The number of amides is 1. The van der Waals surface area contributed by atoms with Crippen LogP contribution in [-0.2, 0) is 16.0 Å². The number of ether oxygens (including phenoxy) is 1. The maximum atomic E-state index is 13.9. The Kier molecular flexibility index (Phi) is 5.90. The van der Waals surface area contributed by atoms with Crippen LogP contribution in [0.2, 0.25) is 0 Å². The highest BCUT2D eigenvalue weighted by molar-refractivity contribution is 5.76. The molecule has 2 heterocycles. The number of nitrogens with zero attached hydrogens (tertiary/aromatic N) is 2. The topological polar surface area (TPSA) is 55.6 Å². The maximum absolute atomic E-state index is 13.9. The number of morpholine rings is 1. The Labute approximate surface area is 173 Å². The fraction of sp³-hybridized carbons (Fsp3) is 0.304. The standard InChI is InChI=1S/C23H22F2N2O3/c1-15-13-27(14-20(29-15)16-6-3-2-4-7-16)22(28)11-10-21-26-12-19(30-21)23-17(24)8-5-9-18(23)25/h2-9,12,15,20H,10-11,13-14H2,1H3/t15-,20+/m1/s1. The lowest BCUT2D eigenvalue weighted by atomic mass is 10.1. The van der Waals surface area contributed by atoms with Gasteiger partial charge in [-0.25, -0.2) is 13.8 Å². The van der Waals surface area contributed by atoms with Gasteiger partial charge in [0, 0.05) is 19.4 Å². The highest BCUT2D eigenvalue weighted by Gasteiger charge is 2.29. The number of benzene rings is 2. The lowest BCUT2D eigenvalue weighted by molar-refractivity contribution is -0.144. The largest absolute Gasteiger partial charge is 0.441 e. The van der Waals surface area contributed by atoms with Gasteiger partial charge in [-0.3, -0.25) is 4.79 Å². The SMILES string of the molecule is C[C@@H]1CN(C(=O)CCc2ncc(-c3c(F)cccc3F)o2)C[C@@H](c2ccccc2)O1. The van der Waals surface area contributed by atoms with E-state index in [0.29, 0.717) is 13.1 Å². The van der Waals surface area contributed by atoms with Crippen molar-refractivity contribution < 1.29 is 22.7 Å². The molecular formula is C23H22F2N2O3. The summed E-state index contributed by atoms with van der Waals surface area (Å²) < 4.78 is 39.3. The summed E-state index contributed by atoms with van der Waals surface area (Å²) in [6.07, 6.45) is 1.47. The summed E-state index contributed by atoms with van der Waals surface area (Å²) >= 11 is 0. The summed E-state index contributed by atoms with van der Waals surface area (Å²) in [5.41, 5.74) is 0.779. The molecule has 0 unspecified atom stereocenters. The number of aryl methyl sites for hydroxylation is 1. The van der Waals surface area contributed by atoms with Crippen LogP contribution in [0, 0.1) is 11.6 Å². The molecule has 2 atom stereocenters. The molecular weight excluding hydrogens is 390 g/mol. The van der Waals surface area contributed by atoms with E-state index in [9.17, 15) is 13.6 Å². The molecule has 3 aromatic rings. The second kappa shape index (κ2) is 8.75. The first-order valence-electron chi connectivity index (χ1n) is 9.88. The lowest BCUT2D eigenvalue weighted by Gasteiger charge is -2.37. The summed E-state index contributed by atoms with van der Waals surface area (Å²) in [5.74, 6) is -1.20. The zero-order valence-electron chi connectivity index (χ0n) is 16.6. The molecule has 30 heavy (non-hydrogen) atoms. The van der Waals surface area contributed by atoms with Crippen molar-refractivity contribution in [1.29, 1.82) is 0 Å². The Morgan fingerprint density at radius 2 is 1.83 bits per heavy atom. The normalized spacial score (nSPS) is 19.1. The molecule has 0 saturated carbocycles. The number of aromatic nitrogens is 1. The zero-order valence-corrected chi connectivity index (χ0v) is 16.6. The number of carbonyl (C=O) groups is 1. The first kappa shape index (κ1) is 20.2. The van der Waals surface area contributed by atoms with Crippen LogP contribution in [0.1, 0.15) is 30.9 Å². The third-order valence-electron chi connectivity index (χ3n) is 5.10. The number of oxazole rings is 1. The number of rotatable bonds is 5. The van der Waals surface area contributed by atoms with Gasteiger partial charge in [0.05, 0.1) is 24.4 Å². The van der Waals surface area contributed by atoms with Crippen molar-refractivity contribution in [3.63, 3.8) is 0 Å². The smallest absolute Gasteiger partial charge is 0.223 e. The van der Waals surface area contributed by atoms with Crippen molar-refractivity contribution in [2.45, 2.75) is 32.0 Å². The summed E-state index contributed by atoms with van der Waals surface area (Å²) in [5, 5.41) is 0. The number of hydrogen-bond acceptors (Lipinski definition) is 4. The second-order valence-electron chi connectivity index (χ2n) is 7.36. The Bertz CT molecular complexity index is 1000. The van der Waals surface area contributed by atoms with Crippen LogP contribution in [0.5, 0.6) is 0 Å². The van der Waals surface area contributed by atoms with Crippen molar-refractivity contribution in [2.24, 2.45) is 0 Å². The van der Waals surface area contributed by atoms with Gasteiger partial charge in [-0.15, -0.1) is 0 Å². The number of carbonyl (C=O) groups excluding carboxylic acids is 1. The van der Waals surface area contributed by atoms with Crippen molar-refractivity contribution in [3.05, 3.63) is 77.8 Å². The lowest BCUT2D eigenvalue weighted by Crippen LogP contribution is -2.46. The molecule has 0 spiro atoms. The van der Waals surface area contributed by atoms with E-state index in [4.69, 9.17) is 9.15 Å². The summed E-state index contributed by atoms with van der Waals surface area (Å²) in [4.78, 5) is 18.6. The third kappa shape index (κ3) is 4.41. The van der Waals surface area contributed by atoms with Crippen molar-refractivity contribution in [2.75, 3.05) is 13.1 Å². The Balaban J connectivity index is 1.39. The predicted molar refractivity (Wildman–Crippen MR) is 106 cm³/mol. The molecule has 4 rings (SSSR count). The Morgan fingerprint density at radius 3 is 2.57 bits per heavy atom. The Morgan fingerprint density at radius 1 is 1.10 bits per heavy atom. The van der Waals surface area contributed by atoms with Gasteiger partial charge in [-0.2, -0.15) is 0 Å². The fourth-order valence-corrected chi connectivity index (χ4v) is 3.65. The maximum Gasteiger partial charge on any atom is 0.223 e. The van der Waals surface area contributed by atoms with Crippen LogP contribution in [0.25, 0.3) is 11.3 Å². The quantitative estimate of drug-likeness (QED) is 0.617. The van der Waals surface area contributed by atoms with E-state index in [2.05, 4.69) is 4.98 Å². The minimum atomic E-state index is -0.719. The molecule has 1 aliphatic rings. The van der Waals surface area contributed by atoms with E-state index >= 15 is 0 Å². The highest BCUT2D eigenvalue weighted by atomic mass is 19.1. The summed E-state index contributed by atoms with van der Waals surface area (Å²) in [6.45, 7) is 2.93. The van der Waals surface area contributed by atoms with Gasteiger partial charge in [0.15, 0.2) is 11.7 Å². The minimum absolute atomic E-state index is 0.0113. The molecule has 156 valence electrons. The molecule has 1 aromatic heterocycles. The van der Waals surface area contributed by atoms with Crippen LogP contribution in [0.4, 0.5) is 8.78 Å². The van der Waals surface area contributed by atoms with Crippen molar-refractivity contribution in [1.82, 2.24) is 9.88 Å². The van der Waals surface area contributed by atoms with Crippen LogP contribution in [-0.4, -0.2) is 35.0 Å².